The molecule has 14 heavy (non-hydrogen) atoms. The van der Waals surface area contributed by atoms with Crippen LogP contribution in [-0.4, -0.2) is 4.98 Å². The van der Waals surface area contributed by atoms with E-state index in [9.17, 15) is 5.21 Å². The molecule has 0 spiro atoms. The molecule has 0 N–H and O–H groups in total. The first-order valence-corrected chi connectivity index (χ1v) is 4.39. The van der Waals surface area contributed by atoms with E-state index in [1.54, 1.807) is 25.3 Å². The number of rotatable bonds is 1. The lowest BCUT2D eigenvalue weighted by Crippen LogP contribution is -2.32. The molecule has 3 heteroatoms. The third kappa shape index (κ3) is 1.44. The summed E-state index contributed by atoms with van der Waals surface area (Å²) in [6, 6.07) is 10.9. The van der Waals surface area contributed by atoms with Gasteiger partial charge in [-0.1, -0.05) is 6.07 Å². The van der Waals surface area contributed by atoms with Crippen LogP contribution in [-0.2, 0) is 0 Å². The normalized spacial score (nSPS) is 10.1. The van der Waals surface area contributed by atoms with Crippen LogP contribution in [0.15, 0.2) is 42.6 Å². The van der Waals surface area contributed by atoms with E-state index in [2.05, 4.69) is 4.98 Å². The second kappa shape index (κ2) is 3.46. The van der Waals surface area contributed by atoms with Crippen LogP contribution in [0, 0.1) is 12.1 Å². The highest BCUT2D eigenvalue weighted by Gasteiger charge is 2.09. The van der Waals surface area contributed by atoms with E-state index in [0.717, 1.165) is 4.73 Å². The second-order valence-corrected chi connectivity index (χ2v) is 3.06. The quantitative estimate of drug-likeness (QED) is 0.502. The van der Waals surface area contributed by atoms with Gasteiger partial charge in [-0.15, -0.1) is 0 Å². The summed E-state index contributed by atoms with van der Waals surface area (Å²) < 4.78 is 0.891. The molecule has 0 aliphatic heterocycles. The highest BCUT2D eigenvalue weighted by atomic mass is 16.5. The van der Waals surface area contributed by atoms with E-state index in [4.69, 9.17) is 0 Å². The molecule has 0 aliphatic carbocycles. The minimum atomic E-state index is 0.589. The lowest BCUT2D eigenvalue weighted by Gasteiger charge is -2.05. The van der Waals surface area contributed by atoms with Gasteiger partial charge in [0, 0.05) is 25.3 Å². The minimum absolute atomic E-state index is 0.589. The molecule has 0 fully saturated rings. The average Bonchev–Trinajstić information content (AvgIpc) is 2.23. The predicted octanol–water partition coefficient (Wildman–Crippen LogP) is 1.69. The van der Waals surface area contributed by atoms with Gasteiger partial charge in [-0.2, -0.15) is 4.73 Å². The summed E-state index contributed by atoms with van der Waals surface area (Å²) in [5.41, 5.74) is 1.96. The Labute approximate surface area is 82.3 Å². The first kappa shape index (κ1) is 8.69. The van der Waals surface area contributed by atoms with Gasteiger partial charge >= 0.3 is 0 Å². The van der Waals surface area contributed by atoms with Crippen LogP contribution in [0.3, 0.4) is 0 Å². The molecule has 0 saturated heterocycles. The van der Waals surface area contributed by atoms with Crippen molar-refractivity contribution < 1.29 is 4.73 Å². The van der Waals surface area contributed by atoms with Gasteiger partial charge in [-0.05, 0) is 18.2 Å². The Balaban J connectivity index is 2.58. The van der Waals surface area contributed by atoms with Crippen LogP contribution in [0.1, 0.15) is 5.69 Å². The number of aryl methyl sites for hydroxylation is 1. The zero-order valence-electron chi connectivity index (χ0n) is 7.84. The van der Waals surface area contributed by atoms with Crippen molar-refractivity contribution in [3.8, 4) is 11.4 Å². The Bertz CT molecular complexity index is 440. The van der Waals surface area contributed by atoms with E-state index in [1.807, 2.05) is 24.3 Å². The van der Waals surface area contributed by atoms with E-state index >= 15 is 0 Å². The number of pyridine rings is 2. The van der Waals surface area contributed by atoms with E-state index < -0.39 is 0 Å². The van der Waals surface area contributed by atoms with Crippen LogP contribution in [0.5, 0.6) is 0 Å². The first-order valence-electron chi connectivity index (χ1n) is 4.39. The molecule has 0 atom stereocenters. The van der Waals surface area contributed by atoms with Crippen molar-refractivity contribution in [2.75, 3.05) is 0 Å². The molecule has 0 bridgehead atoms. The molecule has 2 rings (SSSR count). The summed E-state index contributed by atoms with van der Waals surface area (Å²) >= 11 is 0. The van der Waals surface area contributed by atoms with Crippen molar-refractivity contribution >= 4 is 0 Å². The smallest absolute Gasteiger partial charge is 0.242 e. The monoisotopic (exact) mass is 186 g/mol. The molecule has 0 aromatic carbocycles. The van der Waals surface area contributed by atoms with Crippen LogP contribution in [0.2, 0.25) is 0 Å². The molecule has 2 heterocycles. The Morgan fingerprint density at radius 2 is 2.00 bits per heavy atom. The van der Waals surface area contributed by atoms with Gasteiger partial charge in [0.1, 0.15) is 5.69 Å². The molecule has 0 aliphatic rings. The van der Waals surface area contributed by atoms with Gasteiger partial charge in [0.15, 0.2) is 5.69 Å². The van der Waals surface area contributed by atoms with E-state index in [0.29, 0.717) is 17.1 Å². The van der Waals surface area contributed by atoms with E-state index in [1.165, 1.54) is 0 Å². The zero-order valence-corrected chi connectivity index (χ0v) is 7.84. The van der Waals surface area contributed by atoms with Gasteiger partial charge in [0.2, 0.25) is 5.69 Å². The predicted molar refractivity (Wildman–Crippen MR) is 53.4 cm³/mol. The van der Waals surface area contributed by atoms with Gasteiger partial charge in [-0.3, -0.25) is 0 Å². The van der Waals surface area contributed by atoms with Gasteiger partial charge in [0.05, 0.1) is 0 Å². The fourth-order valence-electron chi connectivity index (χ4n) is 1.31. The molecular weight excluding hydrogens is 176 g/mol. The molecule has 0 amide bonds. The fraction of sp³-hybridized carbons (Fsp3) is 0.0909. The maximum absolute atomic E-state index is 11.6. The molecule has 70 valence electrons. The molecule has 0 saturated carbocycles. The van der Waals surface area contributed by atoms with Crippen LogP contribution in [0.25, 0.3) is 11.4 Å². The topological polar surface area (TPSA) is 39.8 Å². The largest absolute Gasteiger partial charge is 0.618 e. The second-order valence-electron chi connectivity index (χ2n) is 3.06. The van der Waals surface area contributed by atoms with Crippen molar-refractivity contribution in [1.29, 1.82) is 0 Å². The third-order valence-corrected chi connectivity index (χ3v) is 2.06. The third-order valence-electron chi connectivity index (χ3n) is 2.06. The molecule has 3 nitrogen and oxygen atoms in total. The van der Waals surface area contributed by atoms with Gasteiger partial charge in [-0.25, -0.2) is 4.98 Å². The highest BCUT2D eigenvalue weighted by Crippen LogP contribution is 2.11. The fourth-order valence-corrected chi connectivity index (χ4v) is 1.31. The van der Waals surface area contributed by atoms with Gasteiger partial charge < -0.3 is 5.21 Å². The van der Waals surface area contributed by atoms with Crippen LogP contribution in [0.4, 0.5) is 0 Å². The zero-order chi connectivity index (χ0) is 9.97. The molecular formula is C11H10N2O. The average molecular weight is 186 g/mol. The van der Waals surface area contributed by atoms with Crippen LogP contribution < -0.4 is 4.73 Å². The van der Waals surface area contributed by atoms with E-state index in [-0.39, 0.29) is 0 Å². The van der Waals surface area contributed by atoms with Crippen molar-refractivity contribution in [1.82, 2.24) is 4.98 Å². The summed E-state index contributed by atoms with van der Waals surface area (Å²) in [5, 5.41) is 11.6. The number of hydrogen-bond donors (Lipinski definition) is 0. The van der Waals surface area contributed by atoms with Crippen LogP contribution >= 0.6 is 0 Å². The van der Waals surface area contributed by atoms with Crippen molar-refractivity contribution in [2.45, 2.75) is 6.92 Å². The molecule has 0 unspecified atom stereocenters. The SMILES string of the molecule is Cc1cccc(-c2ccccn2)[n+]1[O-]. The summed E-state index contributed by atoms with van der Waals surface area (Å²) in [6.45, 7) is 1.78. The summed E-state index contributed by atoms with van der Waals surface area (Å²) in [5.74, 6) is 0. The van der Waals surface area contributed by atoms with Crippen molar-refractivity contribution in [2.24, 2.45) is 0 Å². The summed E-state index contributed by atoms with van der Waals surface area (Å²) in [6.07, 6.45) is 1.68. The number of hydrogen-bond acceptors (Lipinski definition) is 2. The Kier molecular flexibility index (Phi) is 2.14. The number of nitrogens with zero attached hydrogens (tertiary/aromatic N) is 2. The summed E-state index contributed by atoms with van der Waals surface area (Å²) in [7, 11) is 0. The minimum Gasteiger partial charge on any atom is -0.618 e. The highest BCUT2D eigenvalue weighted by molar-refractivity contribution is 5.49. The van der Waals surface area contributed by atoms with Crippen molar-refractivity contribution in [3.63, 3.8) is 0 Å². The van der Waals surface area contributed by atoms with Crippen molar-refractivity contribution in [3.05, 3.63) is 53.5 Å². The Hall–Kier alpha value is -1.90. The standard InChI is InChI=1S/C11H10N2O/c1-9-5-4-7-11(13(9)14)10-6-2-3-8-12-10/h2-8H,1H3. The molecule has 2 aromatic heterocycles. The first-order chi connectivity index (χ1) is 6.79. The molecule has 2 aromatic rings. The Morgan fingerprint density at radius 1 is 1.14 bits per heavy atom. The summed E-state index contributed by atoms with van der Waals surface area (Å²) in [4.78, 5) is 4.13. The molecule has 0 radical (unpaired) electrons. The number of aromatic nitrogens is 2. The lowest BCUT2D eigenvalue weighted by atomic mass is 10.2. The maximum atomic E-state index is 11.6. The maximum Gasteiger partial charge on any atom is 0.242 e. The lowest BCUT2D eigenvalue weighted by molar-refractivity contribution is -0.600. The van der Waals surface area contributed by atoms with Gasteiger partial charge in [0.25, 0.3) is 0 Å². The Morgan fingerprint density at radius 3 is 2.71 bits per heavy atom.